The normalized spacial score (nSPS) is 20.7. The number of hydrogen-bond acceptors (Lipinski definition) is 4. The maximum atomic E-state index is 12.2. The number of likely N-dealkylation sites (tertiary alicyclic amines) is 1. The van der Waals surface area contributed by atoms with Crippen molar-refractivity contribution >= 4 is 6.09 Å². The molecule has 0 aromatic carbocycles. The molecule has 2 heterocycles. The van der Waals surface area contributed by atoms with E-state index >= 15 is 0 Å². The molecule has 1 aliphatic rings. The van der Waals surface area contributed by atoms with E-state index in [0.717, 1.165) is 31.6 Å². The fourth-order valence-electron chi connectivity index (χ4n) is 2.75. The van der Waals surface area contributed by atoms with Crippen molar-refractivity contribution in [1.82, 2.24) is 20.2 Å². The second kappa shape index (κ2) is 7.13. The van der Waals surface area contributed by atoms with Crippen LogP contribution in [0.1, 0.15) is 58.8 Å². The van der Waals surface area contributed by atoms with Crippen molar-refractivity contribution < 1.29 is 9.53 Å². The number of nitrogens with zero attached hydrogens (tertiary/aromatic N) is 2. The van der Waals surface area contributed by atoms with E-state index in [1.165, 1.54) is 0 Å². The number of H-pyrrole nitrogens is 1. The third kappa shape index (κ3) is 4.73. The number of aromatic amines is 1. The van der Waals surface area contributed by atoms with E-state index in [2.05, 4.69) is 22.2 Å². The van der Waals surface area contributed by atoms with Crippen LogP contribution in [-0.2, 0) is 4.74 Å². The Morgan fingerprint density at radius 1 is 1.59 bits per heavy atom. The van der Waals surface area contributed by atoms with Crippen LogP contribution < -0.4 is 5.32 Å². The molecule has 22 heavy (non-hydrogen) atoms. The van der Waals surface area contributed by atoms with Crippen LogP contribution in [0.3, 0.4) is 0 Å². The van der Waals surface area contributed by atoms with Crippen molar-refractivity contribution in [2.75, 3.05) is 13.1 Å². The molecule has 2 unspecified atom stereocenters. The average molecular weight is 308 g/mol. The lowest BCUT2D eigenvalue weighted by Crippen LogP contribution is -2.50. The number of piperidine rings is 1. The number of ether oxygens (including phenoxy) is 1. The molecule has 1 aromatic heterocycles. The summed E-state index contributed by atoms with van der Waals surface area (Å²) in [6.45, 7) is 9.28. The van der Waals surface area contributed by atoms with Gasteiger partial charge < -0.3 is 19.9 Å². The highest BCUT2D eigenvalue weighted by Gasteiger charge is 2.28. The van der Waals surface area contributed by atoms with E-state index in [1.807, 2.05) is 27.0 Å². The second-order valence-electron chi connectivity index (χ2n) is 6.87. The molecule has 0 saturated carbocycles. The van der Waals surface area contributed by atoms with Gasteiger partial charge in [0.15, 0.2) is 0 Å². The van der Waals surface area contributed by atoms with Crippen molar-refractivity contribution in [3.05, 3.63) is 18.2 Å². The molecule has 0 bridgehead atoms. The summed E-state index contributed by atoms with van der Waals surface area (Å²) in [5, 5.41) is 3.61. The first-order chi connectivity index (χ1) is 10.4. The first kappa shape index (κ1) is 16.8. The molecule has 1 aromatic rings. The predicted molar refractivity (Wildman–Crippen MR) is 85.6 cm³/mol. The zero-order chi connectivity index (χ0) is 16.2. The Bertz CT molecular complexity index is 467. The molecule has 0 radical (unpaired) electrons. The van der Waals surface area contributed by atoms with Crippen molar-refractivity contribution in [3.8, 4) is 0 Å². The molecular weight excluding hydrogens is 280 g/mol. The first-order valence-electron chi connectivity index (χ1n) is 8.12. The smallest absolute Gasteiger partial charge is 0.410 e. The lowest BCUT2D eigenvalue weighted by molar-refractivity contribution is 0.0182. The third-order valence-corrected chi connectivity index (χ3v) is 3.77. The van der Waals surface area contributed by atoms with Gasteiger partial charge in [0.25, 0.3) is 0 Å². The van der Waals surface area contributed by atoms with Gasteiger partial charge in [-0.15, -0.1) is 0 Å². The summed E-state index contributed by atoms with van der Waals surface area (Å²) in [7, 11) is 0. The van der Waals surface area contributed by atoms with Gasteiger partial charge in [-0.25, -0.2) is 9.78 Å². The highest BCUT2D eigenvalue weighted by atomic mass is 16.6. The summed E-state index contributed by atoms with van der Waals surface area (Å²) >= 11 is 0. The van der Waals surface area contributed by atoms with Crippen LogP contribution in [0.15, 0.2) is 12.4 Å². The Morgan fingerprint density at radius 3 is 2.95 bits per heavy atom. The zero-order valence-corrected chi connectivity index (χ0v) is 14.1. The molecule has 1 fully saturated rings. The van der Waals surface area contributed by atoms with Crippen LogP contribution in [0.4, 0.5) is 4.79 Å². The van der Waals surface area contributed by atoms with Crippen molar-refractivity contribution in [3.63, 3.8) is 0 Å². The van der Waals surface area contributed by atoms with Crippen LogP contribution in [-0.4, -0.2) is 45.7 Å². The molecule has 0 spiro atoms. The van der Waals surface area contributed by atoms with E-state index < -0.39 is 5.60 Å². The van der Waals surface area contributed by atoms with Crippen LogP contribution in [0.2, 0.25) is 0 Å². The van der Waals surface area contributed by atoms with Gasteiger partial charge in [0.2, 0.25) is 0 Å². The molecule has 2 rings (SSSR count). The van der Waals surface area contributed by atoms with E-state index in [-0.39, 0.29) is 18.2 Å². The second-order valence-corrected chi connectivity index (χ2v) is 6.87. The number of rotatable bonds is 4. The van der Waals surface area contributed by atoms with E-state index in [4.69, 9.17) is 4.74 Å². The van der Waals surface area contributed by atoms with E-state index in [9.17, 15) is 4.79 Å². The zero-order valence-electron chi connectivity index (χ0n) is 14.1. The lowest BCUT2D eigenvalue weighted by atomic mass is 10.0. The van der Waals surface area contributed by atoms with Crippen LogP contribution in [0.5, 0.6) is 0 Å². The minimum absolute atomic E-state index is 0.193. The molecule has 1 saturated heterocycles. The standard InChI is InChI=1S/C16H28N4O2/c1-5-13(14-17-8-9-18-14)19-12-7-6-10-20(11-12)15(21)22-16(2,3)4/h8-9,12-13,19H,5-7,10-11H2,1-4H3,(H,17,18). The number of hydrogen-bond donors (Lipinski definition) is 2. The van der Waals surface area contributed by atoms with Crippen molar-refractivity contribution in [1.29, 1.82) is 0 Å². The van der Waals surface area contributed by atoms with Gasteiger partial charge in [-0.1, -0.05) is 6.92 Å². The Labute approximate surface area is 132 Å². The summed E-state index contributed by atoms with van der Waals surface area (Å²) in [5.74, 6) is 0.955. The molecule has 2 atom stereocenters. The molecule has 1 aliphatic heterocycles. The number of carbonyl (C=O) groups excluding carboxylic acids is 1. The SMILES string of the molecule is CCC(NC1CCCN(C(=O)OC(C)(C)C)C1)c1ncc[nH]1. The van der Waals surface area contributed by atoms with Gasteiger partial charge in [-0.05, 0) is 40.0 Å². The Morgan fingerprint density at radius 2 is 2.36 bits per heavy atom. The summed E-state index contributed by atoms with van der Waals surface area (Å²) in [5.41, 5.74) is -0.447. The number of imidazole rings is 1. The largest absolute Gasteiger partial charge is 0.444 e. The van der Waals surface area contributed by atoms with E-state index in [1.54, 1.807) is 11.1 Å². The molecule has 0 aliphatic carbocycles. The molecule has 1 amide bonds. The van der Waals surface area contributed by atoms with Crippen molar-refractivity contribution in [2.45, 2.75) is 64.6 Å². The van der Waals surface area contributed by atoms with Gasteiger partial charge in [0, 0.05) is 31.5 Å². The first-order valence-corrected chi connectivity index (χ1v) is 8.12. The third-order valence-electron chi connectivity index (χ3n) is 3.77. The summed E-state index contributed by atoms with van der Waals surface area (Å²) < 4.78 is 5.47. The van der Waals surface area contributed by atoms with Gasteiger partial charge in [-0.3, -0.25) is 0 Å². The Balaban J connectivity index is 1.91. The lowest BCUT2D eigenvalue weighted by Gasteiger charge is -2.35. The highest BCUT2D eigenvalue weighted by Crippen LogP contribution is 2.19. The fourth-order valence-corrected chi connectivity index (χ4v) is 2.75. The summed E-state index contributed by atoms with van der Waals surface area (Å²) in [6.07, 6.45) is 6.41. The van der Waals surface area contributed by atoms with Crippen LogP contribution >= 0.6 is 0 Å². The summed E-state index contributed by atoms with van der Waals surface area (Å²) in [6, 6.07) is 0.468. The maximum Gasteiger partial charge on any atom is 0.410 e. The quantitative estimate of drug-likeness (QED) is 0.897. The Hall–Kier alpha value is -1.56. The Kier molecular flexibility index (Phi) is 5.45. The van der Waals surface area contributed by atoms with E-state index in [0.29, 0.717) is 6.54 Å². The molecule has 124 valence electrons. The number of nitrogens with one attached hydrogen (secondary N) is 2. The molecule has 2 N–H and O–H groups in total. The molecular formula is C16H28N4O2. The summed E-state index contributed by atoms with van der Waals surface area (Å²) in [4.78, 5) is 21.5. The number of aromatic nitrogens is 2. The molecule has 6 nitrogen and oxygen atoms in total. The van der Waals surface area contributed by atoms with Crippen LogP contribution in [0.25, 0.3) is 0 Å². The maximum absolute atomic E-state index is 12.2. The monoisotopic (exact) mass is 308 g/mol. The van der Waals surface area contributed by atoms with Gasteiger partial charge in [0.1, 0.15) is 11.4 Å². The highest BCUT2D eigenvalue weighted by molar-refractivity contribution is 5.68. The minimum atomic E-state index is -0.447. The van der Waals surface area contributed by atoms with Gasteiger partial charge in [0.05, 0.1) is 6.04 Å². The molecule has 6 heteroatoms. The fraction of sp³-hybridized carbons (Fsp3) is 0.750. The van der Waals surface area contributed by atoms with Gasteiger partial charge in [-0.2, -0.15) is 0 Å². The topological polar surface area (TPSA) is 70.2 Å². The van der Waals surface area contributed by atoms with Crippen LogP contribution in [0, 0.1) is 0 Å². The van der Waals surface area contributed by atoms with Crippen molar-refractivity contribution in [2.24, 2.45) is 0 Å². The predicted octanol–water partition coefficient (Wildman–Crippen LogP) is 2.85. The average Bonchev–Trinajstić information content (AvgIpc) is 2.97. The van der Waals surface area contributed by atoms with Gasteiger partial charge >= 0.3 is 6.09 Å². The number of carbonyl (C=O) groups is 1. The number of amides is 1. The minimum Gasteiger partial charge on any atom is -0.444 e.